The second-order valence-electron chi connectivity index (χ2n) is 4.82. The zero-order chi connectivity index (χ0) is 15.9. The lowest BCUT2D eigenvalue weighted by atomic mass is 10.1. The number of carbonyl (C=O) groups excluding carboxylic acids is 1. The molecule has 6 heteroatoms. The molecule has 0 saturated heterocycles. The predicted octanol–water partition coefficient (Wildman–Crippen LogP) is 5.46. The minimum Gasteiger partial charge on any atom is -0.315 e. The molecule has 0 aliphatic heterocycles. The van der Waals surface area contributed by atoms with Crippen LogP contribution in [0, 0.1) is 19.7 Å². The van der Waals surface area contributed by atoms with Crippen molar-refractivity contribution in [1.82, 2.24) is 4.57 Å². The molecule has 0 aliphatic rings. The van der Waals surface area contributed by atoms with Crippen LogP contribution < -0.4 is 0 Å². The summed E-state index contributed by atoms with van der Waals surface area (Å²) in [6.07, 6.45) is 0. The molecule has 1 aromatic carbocycles. The van der Waals surface area contributed by atoms with Crippen molar-refractivity contribution in [2.45, 2.75) is 26.1 Å². The molecule has 0 N–H and O–H groups in total. The van der Waals surface area contributed by atoms with Gasteiger partial charge in [0.1, 0.15) is 5.82 Å². The van der Waals surface area contributed by atoms with Crippen molar-refractivity contribution in [3.8, 4) is 5.69 Å². The Morgan fingerprint density at radius 1 is 1.33 bits per heavy atom. The standard InChI is InChI=1S/C15H13BrCl2FNO/c1-7-4-11(15(21)8(2)17)9(3)20(7)14-12(16)5-10(19)6-13(14)18/h4-6,8H,1-3H3. The highest BCUT2D eigenvalue weighted by Crippen LogP contribution is 2.34. The highest BCUT2D eigenvalue weighted by atomic mass is 79.9. The van der Waals surface area contributed by atoms with Crippen LogP contribution in [0.2, 0.25) is 5.02 Å². The maximum atomic E-state index is 13.4. The van der Waals surface area contributed by atoms with Gasteiger partial charge in [0, 0.05) is 21.4 Å². The van der Waals surface area contributed by atoms with Gasteiger partial charge in [-0.25, -0.2) is 4.39 Å². The summed E-state index contributed by atoms with van der Waals surface area (Å²) in [5.41, 5.74) is 2.69. The van der Waals surface area contributed by atoms with Gasteiger partial charge in [0.15, 0.2) is 5.78 Å². The van der Waals surface area contributed by atoms with Crippen LogP contribution in [0.5, 0.6) is 0 Å². The van der Waals surface area contributed by atoms with Gasteiger partial charge in [0.2, 0.25) is 0 Å². The fourth-order valence-electron chi connectivity index (χ4n) is 2.32. The van der Waals surface area contributed by atoms with Crippen LogP contribution in [-0.2, 0) is 0 Å². The number of hydrogen-bond acceptors (Lipinski definition) is 1. The maximum Gasteiger partial charge on any atom is 0.182 e. The summed E-state index contributed by atoms with van der Waals surface area (Å²) in [5, 5.41) is -0.340. The lowest BCUT2D eigenvalue weighted by Crippen LogP contribution is -2.12. The number of rotatable bonds is 3. The number of ketones is 1. The first-order valence-corrected chi connectivity index (χ1v) is 7.87. The molecule has 0 bridgehead atoms. The Morgan fingerprint density at radius 3 is 2.48 bits per heavy atom. The van der Waals surface area contributed by atoms with E-state index in [4.69, 9.17) is 23.2 Å². The second-order valence-corrected chi connectivity index (χ2v) is 6.73. The molecule has 1 heterocycles. The Kier molecular flexibility index (Phi) is 4.81. The molecule has 112 valence electrons. The zero-order valence-electron chi connectivity index (χ0n) is 11.7. The van der Waals surface area contributed by atoms with E-state index in [9.17, 15) is 9.18 Å². The van der Waals surface area contributed by atoms with E-state index >= 15 is 0 Å². The van der Waals surface area contributed by atoms with Crippen LogP contribution in [0.4, 0.5) is 4.39 Å². The molecule has 1 unspecified atom stereocenters. The highest BCUT2D eigenvalue weighted by Gasteiger charge is 2.22. The van der Waals surface area contributed by atoms with Crippen molar-refractivity contribution in [2.75, 3.05) is 0 Å². The number of aromatic nitrogens is 1. The van der Waals surface area contributed by atoms with Crippen LogP contribution in [0.25, 0.3) is 5.69 Å². The topological polar surface area (TPSA) is 22.0 Å². The van der Waals surface area contributed by atoms with E-state index in [-0.39, 0.29) is 10.8 Å². The number of hydrogen-bond donors (Lipinski definition) is 0. The Balaban J connectivity index is 2.70. The number of halogens is 4. The number of aryl methyl sites for hydroxylation is 1. The van der Waals surface area contributed by atoms with Crippen molar-refractivity contribution in [2.24, 2.45) is 0 Å². The van der Waals surface area contributed by atoms with Crippen molar-refractivity contribution in [3.05, 3.63) is 50.5 Å². The van der Waals surface area contributed by atoms with Gasteiger partial charge in [-0.05, 0) is 54.9 Å². The Morgan fingerprint density at radius 2 is 1.95 bits per heavy atom. The van der Waals surface area contributed by atoms with Gasteiger partial charge in [-0.3, -0.25) is 4.79 Å². The van der Waals surface area contributed by atoms with E-state index in [0.29, 0.717) is 15.7 Å². The average Bonchev–Trinajstić information content (AvgIpc) is 2.64. The van der Waals surface area contributed by atoms with E-state index in [1.807, 2.05) is 18.4 Å². The molecule has 0 spiro atoms. The summed E-state index contributed by atoms with van der Waals surface area (Å²) in [6, 6.07) is 4.35. The van der Waals surface area contributed by atoms with Gasteiger partial charge < -0.3 is 4.57 Å². The maximum absolute atomic E-state index is 13.4. The third-order valence-corrected chi connectivity index (χ3v) is 4.35. The van der Waals surface area contributed by atoms with Gasteiger partial charge >= 0.3 is 0 Å². The van der Waals surface area contributed by atoms with Crippen molar-refractivity contribution in [1.29, 1.82) is 0 Å². The van der Waals surface area contributed by atoms with E-state index in [2.05, 4.69) is 15.9 Å². The first-order chi connectivity index (χ1) is 9.73. The molecular weight excluding hydrogens is 380 g/mol. The number of nitrogens with zero attached hydrogens (tertiary/aromatic N) is 1. The molecule has 1 atom stereocenters. The smallest absolute Gasteiger partial charge is 0.182 e. The number of benzene rings is 1. The first-order valence-electron chi connectivity index (χ1n) is 6.26. The Labute approximate surface area is 141 Å². The largest absolute Gasteiger partial charge is 0.315 e. The van der Waals surface area contributed by atoms with E-state index in [1.165, 1.54) is 12.1 Å². The summed E-state index contributed by atoms with van der Waals surface area (Å²) in [6.45, 7) is 5.30. The lowest BCUT2D eigenvalue weighted by molar-refractivity contribution is 0.0991. The number of alkyl halides is 1. The highest BCUT2D eigenvalue weighted by molar-refractivity contribution is 9.10. The van der Waals surface area contributed by atoms with Crippen LogP contribution in [0.15, 0.2) is 22.7 Å². The molecular formula is C15H13BrCl2FNO. The summed E-state index contributed by atoms with van der Waals surface area (Å²) in [5.74, 6) is -0.575. The quantitative estimate of drug-likeness (QED) is 0.502. The fourth-order valence-corrected chi connectivity index (χ4v) is 3.45. The average molecular weight is 393 g/mol. The molecule has 2 rings (SSSR count). The molecule has 0 amide bonds. The van der Waals surface area contributed by atoms with E-state index < -0.39 is 11.2 Å². The van der Waals surface area contributed by atoms with Crippen molar-refractivity contribution in [3.63, 3.8) is 0 Å². The van der Waals surface area contributed by atoms with Crippen LogP contribution in [0.1, 0.15) is 28.7 Å². The van der Waals surface area contributed by atoms with Gasteiger partial charge in [-0.15, -0.1) is 11.6 Å². The molecule has 0 aliphatic carbocycles. The second kappa shape index (κ2) is 6.11. The molecule has 1 aromatic heterocycles. The molecule has 0 radical (unpaired) electrons. The third-order valence-electron chi connectivity index (χ3n) is 3.26. The fraction of sp³-hybridized carbons (Fsp3) is 0.267. The first kappa shape index (κ1) is 16.5. The van der Waals surface area contributed by atoms with Crippen LogP contribution in [-0.4, -0.2) is 15.7 Å². The summed E-state index contributed by atoms with van der Waals surface area (Å²) in [4.78, 5) is 12.1. The minimum atomic E-state index is -0.605. The normalized spacial score (nSPS) is 12.5. The Hall–Kier alpha value is -0.840. The molecule has 0 fully saturated rings. The minimum absolute atomic E-state index is 0.148. The van der Waals surface area contributed by atoms with Gasteiger partial charge in [0.05, 0.1) is 16.1 Å². The SMILES string of the molecule is Cc1cc(C(=O)C(C)Cl)c(C)n1-c1c(Cl)cc(F)cc1Br. The third kappa shape index (κ3) is 3.03. The summed E-state index contributed by atoms with van der Waals surface area (Å²) >= 11 is 15.4. The van der Waals surface area contributed by atoms with E-state index in [0.717, 1.165) is 11.4 Å². The zero-order valence-corrected chi connectivity index (χ0v) is 14.8. The number of Topliss-reactive ketones (excluding diaryl/α,β-unsaturated/α-hetero) is 1. The monoisotopic (exact) mass is 391 g/mol. The summed E-state index contributed by atoms with van der Waals surface area (Å²) in [7, 11) is 0. The summed E-state index contributed by atoms with van der Waals surface area (Å²) < 4.78 is 15.7. The molecule has 2 nitrogen and oxygen atoms in total. The molecule has 21 heavy (non-hydrogen) atoms. The van der Waals surface area contributed by atoms with Gasteiger partial charge in [0.25, 0.3) is 0 Å². The van der Waals surface area contributed by atoms with E-state index in [1.54, 1.807) is 13.0 Å². The number of carbonyl (C=O) groups is 1. The predicted molar refractivity (Wildman–Crippen MR) is 87.6 cm³/mol. The van der Waals surface area contributed by atoms with Crippen molar-refractivity contribution < 1.29 is 9.18 Å². The van der Waals surface area contributed by atoms with Crippen LogP contribution >= 0.6 is 39.1 Å². The molecule has 2 aromatic rings. The molecule has 0 saturated carbocycles. The lowest BCUT2D eigenvalue weighted by Gasteiger charge is -2.14. The Bertz CT molecular complexity index is 702. The van der Waals surface area contributed by atoms with Gasteiger partial charge in [-0.1, -0.05) is 11.6 Å². The van der Waals surface area contributed by atoms with Crippen LogP contribution in [0.3, 0.4) is 0 Å². The van der Waals surface area contributed by atoms with Crippen molar-refractivity contribution >= 4 is 44.9 Å². The van der Waals surface area contributed by atoms with Gasteiger partial charge in [-0.2, -0.15) is 0 Å².